The Morgan fingerprint density at radius 1 is 1.09 bits per heavy atom. The van der Waals surface area contributed by atoms with Crippen molar-refractivity contribution in [2.24, 2.45) is 10.1 Å². The number of hydrogen-bond acceptors (Lipinski definition) is 4. The zero-order valence-electron chi connectivity index (χ0n) is 13.4. The molecule has 1 unspecified atom stereocenters. The second-order valence-corrected chi connectivity index (χ2v) is 5.93. The fourth-order valence-electron chi connectivity index (χ4n) is 3.23. The third-order valence-electron chi connectivity index (χ3n) is 4.36. The molecule has 0 aromatic heterocycles. The van der Waals surface area contributed by atoms with Gasteiger partial charge in [0.05, 0.1) is 24.0 Å². The summed E-state index contributed by atoms with van der Waals surface area (Å²) in [6.07, 6.45) is 3.81. The topological polar surface area (TPSA) is 48.8 Å². The van der Waals surface area contributed by atoms with Gasteiger partial charge in [-0.15, -0.1) is 5.43 Å². The lowest BCUT2D eigenvalue weighted by Crippen LogP contribution is -2.52. The van der Waals surface area contributed by atoms with E-state index >= 15 is 0 Å². The van der Waals surface area contributed by atoms with Gasteiger partial charge in [-0.2, -0.15) is 4.99 Å². The number of allylic oxidation sites excluding steroid dienone is 1. The lowest BCUT2D eigenvalue weighted by atomic mass is 9.99. The van der Waals surface area contributed by atoms with Crippen LogP contribution in [0.25, 0.3) is 16.5 Å². The molecule has 0 saturated carbocycles. The maximum atomic E-state index is 4.69. The largest absolute Gasteiger partial charge is 0.318 e. The van der Waals surface area contributed by atoms with E-state index in [1.54, 1.807) is 0 Å². The molecule has 1 atom stereocenters. The second-order valence-electron chi connectivity index (χ2n) is 5.93. The van der Waals surface area contributed by atoms with Crippen molar-refractivity contribution in [3.05, 3.63) is 47.5 Å². The number of aliphatic imine (C=N–C) groups is 1. The summed E-state index contributed by atoms with van der Waals surface area (Å²) in [7, 11) is 1.95. The Bertz CT molecular complexity index is 865. The fraction of sp³-hybridized carbons (Fsp3) is 0.222. The van der Waals surface area contributed by atoms with E-state index in [-0.39, 0.29) is 4.70 Å². The number of nitrogens with one attached hydrogen (secondary N) is 2. The van der Waals surface area contributed by atoms with Crippen LogP contribution in [-0.4, -0.2) is 37.4 Å². The Kier molecular flexibility index (Phi) is 3.34. The first-order chi connectivity index (χ1) is 11.2. The lowest BCUT2D eigenvalue weighted by molar-refractivity contribution is -0.814. The van der Waals surface area contributed by atoms with Gasteiger partial charge in [0.1, 0.15) is 0 Å². The number of nitrogens with zero attached hydrogens (tertiary/aromatic N) is 3. The molecule has 5 heteroatoms. The van der Waals surface area contributed by atoms with E-state index in [2.05, 4.69) is 64.2 Å². The molecule has 0 amide bonds. The summed E-state index contributed by atoms with van der Waals surface area (Å²) in [6.45, 7) is 3.79. The van der Waals surface area contributed by atoms with Crippen LogP contribution in [0.1, 0.15) is 12.5 Å². The molecular formula is C18H20N5+. The molecule has 0 fully saturated rings. The van der Waals surface area contributed by atoms with Gasteiger partial charge in [-0.25, -0.2) is 0 Å². The molecule has 0 aliphatic carbocycles. The maximum absolute atomic E-state index is 4.69. The zero-order valence-corrected chi connectivity index (χ0v) is 13.4. The number of benzene rings is 2. The molecule has 116 valence electrons. The quantitative estimate of drug-likeness (QED) is 0.674. The molecule has 0 bridgehead atoms. The van der Waals surface area contributed by atoms with E-state index in [0.29, 0.717) is 0 Å². The zero-order chi connectivity index (χ0) is 15.9. The van der Waals surface area contributed by atoms with Crippen LogP contribution in [-0.2, 0) is 0 Å². The van der Waals surface area contributed by atoms with Crippen molar-refractivity contribution in [2.75, 3.05) is 20.1 Å². The minimum atomic E-state index is 0.249. The van der Waals surface area contributed by atoms with Gasteiger partial charge in [-0.05, 0) is 41.6 Å². The first kappa shape index (κ1) is 14.3. The Hall–Kier alpha value is -2.34. The summed E-state index contributed by atoms with van der Waals surface area (Å²) < 4.78 is 0.249. The number of fused-ring (bicyclic) bond motifs is 4. The second kappa shape index (κ2) is 5.38. The predicted octanol–water partition coefficient (Wildman–Crippen LogP) is 2.78. The van der Waals surface area contributed by atoms with Crippen LogP contribution in [0.5, 0.6) is 0 Å². The number of hydrogen-bond donors (Lipinski definition) is 2. The predicted molar refractivity (Wildman–Crippen MR) is 95.4 cm³/mol. The highest BCUT2D eigenvalue weighted by molar-refractivity contribution is 5.99. The molecule has 0 saturated heterocycles. The summed E-state index contributed by atoms with van der Waals surface area (Å²) in [5, 5.41) is 10.3. The van der Waals surface area contributed by atoms with Crippen molar-refractivity contribution in [2.45, 2.75) is 6.92 Å². The molecule has 2 N–H and O–H groups in total. The summed E-state index contributed by atoms with van der Waals surface area (Å²) >= 11 is 0. The van der Waals surface area contributed by atoms with Crippen LogP contribution in [0, 0.1) is 0 Å². The summed E-state index contributed by atoms with van der Waals surface area (Å²) in [5.74, 6) is 0. The Morgan fingerprint density at radius 3 is 2.65 bits per heavy atom. The molecule has 2 heterocycles. The molecule has 0 spiro atoms. The first-order valence-corrected chi connectivity index (χ1v) is 7.87. The molecule has 2 aliphatic heterocycles. The van der Waals surface area contributed by atoms with Gasteiger partial charge < -0.3 is 5.32 Å². The maximum Gasteiger partial charge on any atom is 0.242 e. The third-order valence-corrected chi connectivity index (χ3v) is 4.36. The van der Waals surface area contributed by atoms with Crippen LogP contribution in [0.3, 0.4) is 0 Å². The summed E-state index contributed by atoms with van der Waals surface area (Å²) in [5.41, 5.74) is 7.98. The van der Waals surface area contributed by atoms with E-state index in [1.165, 1.54) is 16.3 Å². The van der Waals surface area contributed by atoms with Crippen molar-refractivity contribution in [1.82, 2.24) is 10.7 Å². The molecule has 0 radical (unpaired) electrons. The molecule has 4 rings (SSSR count). The average molecular weight is 306 g/mol. The Balaban J connectivity index is 1.85. The van der Waals surface area contributed by atoms with E-state index < -0.39 is 0 Å². The molecular weight excluding hydrogens is 286 g/mol. The summed E-state index contributed by atoms with van der Waals surface area (Å²) in [4.78, 5) is 4.69. The van der Waals surface area contributed by atoms with Crippen LogP contribution in [0.4, 0.5) is 5.69 Å². The SMILES string of the molecule is CNCCN[N+]12C=Nc3cc4ccccc4cc3C1=C(C)C=N2. The van der Waals surface area contributed by atoms with Gasteiger partial charge in [0.25, 0.3) is 0 Å². The standard InChI is InChI=1S/C18H20N5/c1-13-11-22-23(21-8-7-19-2)12-20-17-10-15-6-4-3-5-14(15)9-16(17)18(13)23/h3-6,9-12,19,21H,7-8H2,1-2H3/q+1. The summed E-state index contributed by atoms with van der Waals surface area (Å²) in [6, 6.07) is 12.8. The Labute approximate surface area is 135 Å². The smallest absolute Gasteiger partial charge is 0.242 e. The highest BCUT2D eigenvalue weighted by Gasteiger charge is 2.42. The molecule has 2 aliphatic rings. The first-order valence-electron chi connectivity index (χ1n) is 7.87. The minimum Gasteiger partial charge on any atom is -0.318 e. The van der Waals surface area contributed by atoms with Crippen LogP contribution in [0.15, 0.2) is 52.1 Å². The molecule has 2 aromatic carbocycles. The number of rotatable bonds is 4. The molecule has 23 heavy (non-hydrogen) atoms. The van der Waals surface area contributed by atoms with Crippen LogP contribution >= 0.6 is 0 Å². The van der Waals surface area contributed by atoms with E-state index in [4.69, 9.17) is 0 Å². The van der Waals surface area contributed by atoms with Crippen LogP contribution in [0.2, 0.25) is 0 Å². The van der Waals surface area contributed by atoms with Crippen molar-refractivity contribution in [3.8, 4) is 0 Å². The van der Waals surface area contributed by atoms with Crippen molar-refractivity contribution in [1.29, 1.82) is 0 Å². The highest BCUT2D eigenvalue weighted by Crippen LogP contribution is 2.42. The normalized spacial score (nSPS) is 21.8. The highest BCUT2D eigenvalue weighted by atomic mass is 15.8. The minimum absolute atomic E-state index is 0.249. The van der Waals surface area contributed by atoms with Gasteiger partial charge in [-0.3, -0.25) is 0 Å². The van der Waals surface area contributed by atoms with Crippen molar-refractivity contribution < 1.29 is 4.70 Å². The molecule has 2 aromatic rings. The van der Waals surface area contributed by atoms with E-state index in [0.717, 1.165) is 30.0 Å². The van der Waals surface area contributed by atoms with Crippen LogP contribution < -0.4 is 10.7 Å². The van der Waals surface area contributed by atoms with Gasteiger partial charge in [0, 0.05) is 12.1 Å². The Morgan fingerprint density at radius 2 is 1.87 bits per heavy atom. The van der Waals surface area contributed by atoms with Crippen molar-refractivity contribution >= 4 is 34.7 Å². The lowest BCUT2D eigenvalue weighted by Gasteiger charge is -2.29. The number of likely N-dealkylation sites (N-methyl/N-ethyl adjacent to an activating group) is 1. The van der Waals surface area contributed by atoms with E-state index in [1.807, 2.05) is 19.6 Å². The van der Waals surface area contributed by atoms with Crippen molar-refractivity contribution in [3.63, 3.8) is 0 Å². The third kappa shape index (κ3) is 2.21. The number of quaternary nitrogens is 1. The van der Waals surface area contributed by atoms with Gasteiger partial charge in [-0.1, -0.05) is 29.4 Å². The van der Waals surface area contributed by atoms with Gasteiger partial charge >= 0.3 is 0 Å². The van der Waals surface area contributed by atoms with E-state index in [9.17, 15) is 0 Å². The van der Waals surface area contributed by atoms with Gasteiger partial charge in [0.15, 0.2) is 5.70 Å². The molecule has 5 nitrogen and oxygen atoms in total. The monoisotopic (exact) mass is 306 g/mol. The van der Waals surface area contributed by atoms with Gasteiger partial charge in [0.2, 0.25) is 6.34 Å². The average Bonchev–Trinajstić information content (AvgIpc) is 2.91. The fourth-order valence-corrected chi connectivity index (χ4v) is 3.23.